The van der Waals surface area contributed by atoms with E-state index in [-0.39, 0.29) is 102 Å². The van der Waals surface area contributed by atoms with Crippen molar-refractivity contribution in [3.05, 3.63) is 76.5 Å². The van der Waals surface area contributed by atoms with E-state index in [0.717, 1.165) is 5.56 Å². The minimum Gasteiger partial charge on any atom is -0.507 e. The Bertz CT molecular complexity index is 2500. The molecule has 70 heavy (non-hydrogen) atoms. The molecule has 0 saturated carbocycles. The summed E-state index contributed by atoms with van der Waals surface area (Å²) in [5.74, 6) is -4.17. The van der Waals surface area contributed by atoms with Crippen LogP contribution >= 0.6 is 0 Å². The average Bonchev–Trinajstić information content (AvgIpc) is 3.31. The third-order valence-corrected chi connectivity index (χ3v) is 11.5. The topological polar surface area (TPSA) is 374 Å². The van der Waals surface area contributed by atoms with Crippen LogP contribution in [-0.2, 0) is 31.0 Å². The Morgan fingerprint density at radius 2 is 1.49 bits per heavy atom. The monoisotopic (exact) mass is 974 g/mol. The van der Waals surface area contributed by atoms with Gasteiger partial charge >= 0.3 is 5.97 Å². The number of phenols is 2. The smallest absolute Gasteiger partial charge is 0.326 e. The molecule has 0 radical (unpaired) electrons. The number of carboxylic acid groups (broad SMARTS) is 1. The lowest BCUT2D eigenvalue weighted by molar-refractivity contribution is -0.142. The zero-order chi connectivity index (χ0) is 52.2. The van der Waals surface area contributed by atoms with Crippen molar-refractivity contribution in [1.29, 1.82) is 0 Å². The fraction of sp³-hybridized carbons (Fsp3) is 0.438. The second-order valence-electron chi connectivity index (χ2n) is 17.9. The number of rotatable bonds is 24. The molecule has 1 heterocycles. The molecule has 0 saturated heterocycles. The number of aliphatic hydroxyl groups excluding tert-OH is 2. The van der Waals surface area contributed by atoms with Crippen LogP contribution in [0, 0.1) is 6.92 Å². The van der Waals surface area contributed by atoms with Crippen molar-refractivity contribution in [2.75, 3.05) is 45.6 Å². The Morgan fingerprint density at radius 1 is 0.843 bits per heavy atom. The molecular weight excluding hydrogens is 909 g/mol. The van der Waals surface area contributed by atoms with E-state index in [1.54, 1.807) is 26.0 Å². The quantitative estimate of drug-likeness (QED) is 0.0430. The SMILES string of the molecule is Cc1nc(-c2ccc(C(C)(C)C)cc2O)nc(N)c1C(=O)N[C@@H](CCN)C(=O)N(C)[C@H](C)c1cc(OC[C@H](O)CN)c(O)c(-c2cc(C[C@H](NC(=O)[C@H](C)NC=O)C(=O)O)ccc2OC[C@H](O)CN)c1. The molecule has 4 amide bonds. The number of aliphatic carboxylic acids is 1. The maximum absolute atomic E-state index is 14.4. The van der Waals surface area contributed by atoms with Gasteiger partial charge < -0.3 is 78.8 Å². The number of aryl methyl sites for hydroxylation is 1. The van der Waals surface area contributed by atoms with Gasteiger partial charge in [-0.1, -0.05) is 32.9 Å². The fourth-order valence-electron chi connectivity index (χ4n) is 7.14. The summed E-state index contributed by atoms with van der Waals surface area (Å²) in [6.07, 6.45) is -2.22. The first-order valence-electron chi connectivity index (χ1n) is 22.5. The minimum atomic E-state index is -1.47. The van der Waals surface area contributed by atoms with E-state index < -0.39 is 65.8 Å². The number of carbonyl (C=O) groups excluding carboxylic acids is 4. The molecule has 4 aromatic rings. The molecule has 3 aromatic carbocycles. The van der Waals surface area contributed by atoms with Crippen LogP contribution in [0.3, 0.4) is 0 Å². The van der Waals surface area contributed by atoms with Gasteiger partial charge in [-0.05, 0) is 92.2 Å². The van der Waals surface area contributed by atoms with Crippen molar-refractivity contribution in [3.63, 3.8) is 0 Å². The molecule has 0 unspecified atom stereocenters. The number of amides is 4. The van der Waals surface area contributed by atoms with Crippen LogP contribution in [0.15, 0.2) is 48.5 Å². The molecule has 380 valence electrons. The summed E-state index contributed by atoms with van der Waals surface area (Å²) in [6, 6.07) is 8.02. The number of nitrogens with zero attached hydrogens (tertiary/aromatic N) is 3. The number of nitrogens with one attached hydrogen (secondary N) is 3. The number of benzene rings is 3. The van der Waals surface area contributed by atoms with Gasteiger partial charge in [-0.2, -0.15) is 0 Å². The van der Waals surface area contributed by atoms with Crippen molar-refractivity contribution < 1.29 is 59.0 Å². The number of nitrogens with two attached hydrogens (primary N) is 4. The van der Waals surface area contributed by atoms with Crippen LogP contribution in [0.25, 0.3) is 22.5 Å². The highest BCUT2D eigenvalue weighted by Crippen LogP contribution is 2.44. The molecule has 6 atom stereocenters. The third kappa shape index (κ3) is 14.0. The summed E-state index contributed by atoms with van der Waals surface area (Å²) in [5, 5.41) is 60.8. The number of hydrogen-bond acceptors (Lipinski definition) is 17. The van der Waals surface area contributed by atoms with Gasteiger partial charge in [0.1, 0.15) is 66.4 Å². The number of aromatic hydroxyl groups is 2. The molecule has 1 aromatic heterocycles. The maximum Gasteiger partial charge on any atom is 0.326 e. The summed E-state index contributed by atoms with van der Waals surface area (Å²) in [5.41, 5.74) is 25.5. The van der Waals surface area contributed by atoms with Crippen LogP contribution in [-0.4, -0.2) is 141 Å². The van der Waals surface area contributed by atoms with Crippen LogP contribution in [0.5, 0.6) is 23.0 Å². The van der Waals surface area contributed by atoms with Gasteiger partial charge in [-0.3, -0.25) is 19.2 Å². The first-order valence-corrected chi connectivity index (χ1v) is 22.5. The van der Waals surface area contributed by atoms with Crippen LogP contribution in [0.4, 0.5) is 5.82 Å². The number of aliphatic hydroxyl groups is 2. The lowest BCUT2D eigenvalue weighted by atomic mass is 9.86. The maximum atomic E-state index is 14.4. The minimum absolute atomic E-state index is 0.00780. The Hall–Kier alpha value is -7.11. The van der Waals surface area contributed by atoms with E-state index >= 15 is 0 Å². The van der Waals surface area contributed by atoms with E-state index in [4.69, 9.17) is 32.4 Å². The second-order valence-corrected chi connectivity index (χ2v) is 17.9. The lowest BCUT2D eigenvalue weighted by Crippen LogP contribution is -2.49. The average molecular weight is 975 g/mol. The second kappa shape index (κ2) is 24.4. The normalized spacial score (nSPS) is 14.0. The van der Waals surface area contributed by atoms with Crippen molar-refractivity contribution in [1.82, 2.24) is 30.8 Å². The van der Waals surface area contributed by atoms with E-state index in [2.05, 4.69) is 25.9 Å². The highest BCUT2D eigenvalue weighted by atomic mass is 16.5. The van der Waals surface area contributed by atoms with Crippen LogP contribution in [0.2, 0.25) is 0 Å². The van der Waals surface area contributed by atoms with Gasteiger partial charge in [0.05, 0.1) is 17.3 Å². The van der Waals surface area contributed by atoms with E-state index in [1.807, 2.05) is 26.8 Å². The molecule has 0 bridgehead atoms. The molecule has 0 aliphatic rings. The predicted octanol–water partition coefficient (Wildman–Crippen LogP) is 0.720. The lowest BCUT2D eigenvalue weighted by Gasteiger charge is -2.30. The Kier molecular flexibility index (Phi) is 19.4. The zero-order valence-electron chi connectivity index (χ0n) is 40.4. The standard InChI is InChI=1S/C48H66N10O12/c1-24-40(42(52)57-43(54-24)32-10-9-29(18-37(32)62)48(4,5)6)45(65)55-35(12-13-49)46(66)58(7)26(3)28-16-34(41(63)39(17-28)70-22-31(61)20-51)33-14-27(8-11-38(33)69-21-30(60)19-50)15-36(47(67)68)56-44(64)25(2)53-23-59/h8-11,14,16-18,23,25-26,30-31,35-36,60-63H,12-13,15,19-22,49-51H2,1-7H3,(H,53,59)(H,55,65)(H,56,64)(H,67,68)(H2,52,54,57)/t25-,26+,30+,31+,35-,36-/m0/s1. The molecule has 0 fully saturated rings. The van der Waals surface area contributed by atoms with Crippen molar-refractivity contribution in [3.8, 4) is 45.5 Å². The molecule has 0 spiro atoms. The highest BCUT2D eigenvalue weighted by molar-refractivity contribution is 6.02. The van der Waals surface area contributed by atoms with E-state index in [0.29, 0.717) is 23.1 Å². The number of phenolic OH excluding ortho intramolecular Hbond substituents is 2. The summed E-state index contributed by atoms with van der Waals surface area (Å²) >= 11 is 0. The summed E-state index contributed by atoms with van der Waals surface area (Å²) < 4.78 is 11.8. The number of carboxylic acids is 1. The number of aromatic nitrogens is 2. The van der Waals surface area contributed by atoms with Gasteiger partial charge in [0, 0.05) is 37.7 Å². The predicted molar refractivity (Wildman–Crippen MR) is 260 cm³/mol. The van der Waals surface area contributed by atoms with Gasteiger partial charge in [0.15, 0.2) is 17.3 Å². The van der Waals surface area contributed by atoms with Gasteiger partial charge in [-0.15, -0.1) is 0 Å². The zero-order valence-corrected chi connectivity index (χ0v) is 40.4. The van der Waals surface area contributed by atoms with E-state index in [1.165, 1.54) is 49.2 Å². The number of ether oxygens (including phenoxy) is 2. The van der Waals surface area contributed by atoms with Gasteiger partial charge in [0.25, 0.3) is 5.91 Å². The van der Waals surface area contributed by atoms with E-state index in [9.17, 15) is 49.5 Å². The largest absolute Gasteiger partial charge is 0.507 e. The molecular formula is C48H66N10O12. The third-order valence-electron chi connectivity index (χ3n) is 11.5. The fourth-order valence-corrected chi connectivity index (χ4v) is 7.14. The molecule has 0 aliphatic carbocycles. The summed E-state index contributed by atoms with van der Waals surface area (Å²) in [4.78, 5) is 74.4. The summed E-state index contributed by atoms with van der Waals surface area (Å²) in [7, 11) is 1.48. The molecule has 22 nitrogen and oxygen atoms in total. The highest BCUT2D eigenvalue weighted by Gasteiger charge is 2.31. The summed E-state index contributed by atoms with van der Waals surface area (Å²) in [6.45, 7) is 9.60. The van der Waals surface area contributed by atoms with Crippen molar-refractivity contribution in [2.45, 2.75) is 96.2 Å². The van der Waals surface area contributed by atoms with Gasteiger partial charge in [-0.25, -0.2) is 14.8 Å². The number of nitrogen functional groups attached to an aromatic ring is 1. The first-order chi connectivity index (χ1) is 32.9. The van der Waals surface area contributed by atoms with Gasteiger partial charge in [0.2, 0.25) is 18.2 Å². The molecule has 4 rings (SSSR count). The molecule has 22 heteroatoms. The number of carbonyl (C=O) groups is 5. The Balaban J connectivity index is 1.75. The first kappa shape index (κ1) is 55.5. The van der Waals surface area contributed by atoms with Crippen molar-refractivity contribution in [2.24, 2.45) is 17.2 Å². The Labute approximate surface area is 405 Å². The van der Waals surface area contributed by atoms with Crippen LogP contribution in [0.1, 0.15) is 79.8 Å². The number of anilines is 1. The number of likely N-dealkylation sites (N-methyl/N-ethyl adjacent to an activating group) is 1. The van der Waals surface area contributed by atoms with Crippen LogP contribution < -0.4 is 48.4 Å². The molecule has 0 aliphatic heterocycles. The molecule has 16 N–H and O–H groups in total. The van der Waals surface area contributed by atoms with Crippen molar-refractivity contribution >= 4 is 35.9 Å². The number of hydrogen-bond donors (Lipinski definition) is 12. The Morgan fingerprint density at radius 3 is 2.04 bits per heavy atom.